The Hall–Kier alpha value is -0.120. The minimum atomic E-state index is -0.657. The van der Waals surface area contributed by atoms with Crippen LogP contribution in [0.2, 0.25) is 0 Å². The Balaban J connectivity index is 4.21. The van der Waals surface area contributed by atoms with Crippen LogP contribution in [0.5, 0.6) is 0 Å². The Kier molecular flexibility index (Phi) is 20.0. The van der Waals surface area contributed by atoms with E-state index in [1.165, 1.54) is 103 Å². The van der Waals surface area contributed by atoms with Crippen LogP contribution in [0.4, 0.5) is 0 Å². The van der Waals surface area contributed by atoms with Crippen LogP contribution in [0.3, 0.4) is 0 Å². The van der Waals surface area contributed by atoms with E-state index in [4.69, 9.17) is 0 Å². The maximum atomic E-state index is 10.7. The van der Waals surface area contributed by atoms with Crippen molar-refractivity contribution in [3.05, 3.63) is 0 Å². The Morgan fingerprint density at radius 2 is 0.758 bits per heavy atom. The van der Waals surface area contributed by atoms with Gasteiger partial charge in [0.05, 0.1) is 11.2 Å². The summed E-state index contributed by atoms with van der Waals surface area (Å²) >= 11 is 0. The molecule has 0 aliphatic carbocycles. The van der Waals surface area contributed by atoms with Gasteiger partial charge >= 0.3 is 0 Å². The van der Waals surface area contributed by atoms with Crippen LogP contribution in [0.15, 0.2) is 0 Å². The molecule has 0 saturated carbocycles. The first-order valence-corrected chi connectivity index (χ1v) is 14.8. The molecule has 3 nitrogen and oxygen atoms in total. The van der Waals surface area contributed by atoms with E-state index in [0.29, 0.717) is 0 Å². The summed E-state index contributed by atoms with van der Waals surface area (Å²) in [5.41, 5.74) is -1.31. The zero-order valence-electron chi connectivity index (χ0n) is 23.7. The van der Waals surface area contributed by atoms with Crippen molar-refractivity contribution in [1.82, 2.24) is 5.32 Å². The third-order valence-electron chi connectivity index (χ3n) is 7.59. The molecule has 0 rings (SSSR count). The van der Waals surface area contributed by atoms with Crippen molar-refractivity contribution in [2.24, 2.45) is 11.8 Å². The largest absolute Gasteiger partial charge is 0.390 e. The van der Waals surface area contributed by atoms with E-state index in [9.17, 15) is 10.2 Å². The van der Waals surface area contributed by atoms with Crippen molar-refractivity contribution < 1.29 is 10.2 Å². The van der Waals surface area contributed by atoms with Crippen LogP contribution in [0, 0.1) is 11.8 Å². The third-order valence-corrected chi connectivity index (χ3v) is 7.59. The van der Waals surface area contributed by atoms with Crippen LogP contribution < -0.4 is 5.32 Å². The summed E-state index contributed by atoms with van der Waals surface area (Å²) in [5, 5.41) is 25.0. The Morgan fingerprint density at radius 1 is 0.485 bits per heavy atom. The van der Waals surface area contributed by atoms with Crippen molar-refractivity contribution >= 4 is 0 Å². The summed E-state index contributed by atoms with van der Waals surface area (Å²) in [6.45, 7) is 14.0. The molecule has 0 heterocycles. The number of unbranched alkanes of at least 4 members (excludes halogenated alkanes) is 14. The predicted octanol–water partition coefficient (Wildman–Crippen LogP) is 8.41. The zero-order valence-corrected chi connectivity index (χ0v) is 23.7. The molecule has 0 bridgehead atoms. The summed E-state index contributed by atoms with van der Waals surface area (Å²) < 4.78 is 0. The van der Waals surface area contributed by atoms with Gasteiger partial charge in [0.15, 0.2) is 0 Å². The van der Waals surface area contributed by atoms with Gasteiger partial charge in [-0.2, -0.15) is 0 Å². The maximum Gasteiger partial charge on any atom is 0.0631 e. The van der Waals surface area contributed by atoms with Crippen LogP contribution in [-0.2, 0) is 0 Å². The van der Waals surface area contributed by atoms with Crippen molar-refractivity contribution in [3.8, 4) is 0 Å². The second kappa shape index (κ2) is 20.1. The maximum absolute atomic E-state index is 10.7. The smallest absolute Gasteiger partial charge is 0.0631 e. The van der Waals surface area contributed by atoms with Crippen molar-refractivity contribution in [2.75, 3.05) is 13.1 Å². The van der Waals surface area contributed by atoms with E-state index in [1.54, 1.807) is 0 Å². The first-order valence-electron chi connectivity index (χ1n) is 14.8. The predicted molar refractivity (Wildman–Crippen MR) is 147 cm³/mol. The molecule has 0 aliphatic heterocycles. The Labute approximate surface area is 208 Å². The van der Waals surface area contributed by atoms with E-state index >= 15 is 0 Å². The molecule has 3 N–H and O–H groups in total. The number of aliphatic hydroxyl groups is 2. The molecule has 0 fully saturated rings. The second-order valence-corrected chi connectivity index (χ2v) is 11.9. The van der Waals surface area contributed by atoms with Gasteiger partial charge in [0, 0.05) is 13.1 Å². The first kappa shape index (κ1) is 32.9. The van der Waals surface area contributed by atoms with Crippen LogP contribution in [0.25, 0.3) is 0 Å². The molecular weight excluding hydrogens is 406 g/mol. The number of rotatable bonds is 24. The Morgan fingerprint density at radius 3 is 1.03 bits per heavy atom. The summed E-state index contributed by atoms with van der Waals surface area (Å²) in [5.74, 6) is 0.534. The molecule has 2 unspecified atom stereocenters. The van der Waals surface area contributed by atoms with E-state index in [2.05, 4.69) is 19.2 Å². The summed E-state index contributed by atoms with van der Waals surface area (Å²) in [4.78, 5) is 0. The summed E-state index contributed by atoms with van der Waals surface area (Å²) in [7, 11) is 0. The van der Waals surface area contributed by atoms with Gasteiger partial charge in [-0.05, 0) is 52.4 Å². The molecule has 0 aromatic heterocycles. The van der Waals surface area contributed by atoms with Gasteiger partial charge in [0.2, 0.25) is 0 Å². The average molecular weight is 470 g/mol. The fourth-order valence-electron chi connectivity index (χ4n) is 4.89. The van der Waals surface area contributed by atoms with Crippen LogP contribution >= 0.6 is 0 Å². The SMILES string of the molecule is CCCCCCCCCCC(CNCC(CCCCCCCCCC)C(C)(C)O)C(C)(C)O. The van der Waals surface area contributed by atoms with E-state index < -0.39 is 11.2 Å². The van der Waals surface area contributed by atoms with E-state index in [1.807, 2.05) is 27.7 Å². The molecule has 0 saturated heterocycles. The molecule has 2 atom stereocenters. The van der Waals surface area contributed by atoms with Gasteiger partial charge in [0.25, 0.3) is 0 Å². The highest BCUT2D eigenvalue weighted by atomic mass is 16.3. The zero-order chi connectivity index (χ0) is 25.0. The Bertz CT molecular complexity index is 373. The highest BCUT2D eigenvalue weighted by molar-refractivity contribution is 4.83. The van der Waals surface area contributed by atoms with Crippen LogP contribution in [-0.4, -0.2) is 34.5 Å². The monoisotopic (exact) mass is 469 g/mol. The lowest BCUT2D eigenvalue weighted by Gasteiger charge is -2.33. The topological polar surface area (TPSA) is 52.5 Å². The quantitative estimate of drug-likeness (QED) is 0.124. The second-order valence-electron chi connectivity index (χ2n) is 11.9. The lowest BCUT2D eigenvalue weighted by Crippen LogP contribution is -2.43. The lowest BCUT2D eigenvalue weighted by atomic mass is 9.84. The van der Waals surface area contributed by atoms with Crippen molar-refractivity contribution in [2.45, 2.75) is 168 Å². The van der Waals surface area contributed by atoms with Crippen LogP contribution in [0.1, 0.15) is 157 Å². The molecule has 3 heteroatoms. The number of hydrogen-bond donors (Lipinski definition) is 3. The molecule has 0 spiro atoms. The van der Waals surface area contributed by atoms with Gasteiger partial charge < -0.3 is 15.5 Å². The molecule has 200 valence electrons. The third kappa shape index (κ3) is 19.8. The first-order chi connectivity index (χ1) is 15.6. The molecular formula is C30H63NO2. The van der Waals surface area contributed by atoms with Gasteiger partial charge in [-0.15, -0.1) is 0 Å². The van der Waals surface area contributed by atoms with E-state index in [-0.39, 0.29) is 11.8 Å². The molecule has 0 radical (unpaired) electrons. The average Bonchev–Trinajstić information content (AvgIpc) is 2.73. The fraction of sp³-hybridized carbons (Fsp3) is 1.00. The number of hydrogen-bond acceptors (Lipinski definition) is 3. The van der Waals surface area contributed by atoms with Gasteiger partial charge in [-0.1, -0.05) is 117 Å². The van der Waals surface area contributed by atoms with Gasteiger partial charge in [-0.3, -0.25) is 0 Å². The molecule has 0 aromatic rings. The highest BCUT2D eigenvalue weighted by Crippen LogP contribution is 2.25. The highest BCUT2D eigenvalue weighted by Gasteiger charge is 2.29. The fourth-order valence-corrected chi connectivity index (χ4v) is 4.89. The normalized spacial score (nSPS) is 14.5. The van der Waals surface area contributed by atoms with Gasteiger partial charge in [-0.25, -0.2) is 0 Å². The molecule has 0 aliphatic rings. The van der Waals surface area contributed by atoms with Crippen molar-refractivity contribution in [1.29, 1.82) is 0 Å². The lowest BCUT2D eigenvalue weighted by molar-refractivity contribution is 0.00117. The minimum Gasteiger partial charge on any atom is -0.390 e. The summed E-state index contributed by atoms with van der Waals surface area (Å²) in [6.07, 6.45) is 23.4. The number of nitrogens with one attached hydrogen (secondary N) is 1. The summed E-state index contributed by atoms with van der Waals surface area (Å²) in [6, 6.07) is 0. The minimum absolute atomic E-state index is 0.267. The molecule has 0 amide bonds. The molecule has 0 aromatic carbocycles. The standard InChI is InChI=1S/C30H63NO2/c1-7-9-11-13-15-17-19-21-23-27(29(3,4)32)25-31-26-28(30(5,6)33)24-22-20-18-16-14-12-10-8-2/h27-28,31-33H,7-26H2,1-6H3. The van der Waals surface area contributed by atoms with Crippen molar-refractivity contribution in [3.63, 3.8) is 0 Å². The van der Waals surface area contributed by atoms with E-state index in [0.717, 1.165) is 25.9 Å². The molecule has 33 heavy (non-hydrogen) atoms. The van der Waals surface area contributed by atoms with Gasteiger partial charge in [0.1, 0.15) is 0 Å².